The fraction of sp³-hybridized carbons (Fsp3) is 0.562. The van der Waals surface area contributed by atoms with Crippen LogP contribution >= 0.6 is 0 Å². The molecule has 4 heteroatoms. The zero-order valence-corrected chi connectivity index (χ0v) is 12.8. The van der Waals surface area contributed by atoms with Gasteiger partial charge in [-0.15, -0.1) is 0 Å². The minimum Gasteiger partial charge on any atom is -0.374 e. The first-order valence-corrected chi connectivity index (χ1v) is 7.30. The summed E-state index contributed by atoms with van der Waals surface area (Å²) in [5.74, 6) is 1.06. The Hall–Kier alpha value is -1.55. The lowest BCUT2D eigenvalue weighted by Gasteiger charge is -2.13. The zero-order valence-electron chi connectivity index (χ0n) is 12.8. The van der Waals surface area contributed by atoms with Gasteiger partial charge < -0.3 is 15.8 Å². The second kappa shape index (κ2) is 9.37. The van der Waals surface area contributed by atoms with Gasteiger partial charge in [-0.3, -0.25) is 4.99 Å². The number of nitrogens with zero attached hydrogens (tertiary/aromatic N) is 1. The van der Waals surface area contributed by atoms with E-state index in [9.17, 15) is 0 Å². The van der Waals surface area contributed by atoms with Gasteiger partial charge in [0.15, 0.2) is 5.96 Å². The minimum absolute atomic E-state index is 0.128. The number of ether oxygens (including phenoxy) is 1. The molecule has 3 N–H and O–H groups in total. The summed E-state index contributed by atoms with van der Waals surface area (Å²) in [6, 6.07) is 10.2. The molecule has 0 amide bonds. The molecule has 0 aromatic heterocycles. The number of nitrogens with one attached hydrogen (secondary N) is 1. The fourth-order valence-corrected chi connectivity index (χ4v) is 1.71. The molecule has 1 atom stereocenters. The summed E-state index contributed by atoms with van der Waals surface area (Å²) in [5.41, 5.74) is 6.96. The molecule has 1 aromatic carbocycles. The van der Waals surface area contributed by atoms with E-state index in [4.69, 9.17) is 10.5 Å². The maximum atomic E-state index is 5.79. The largest absolute Gasteiger partial charge is 0.374 e. The molecule has 0 bridgehead atoms. The van der Waals surface area contributed by atoms with E-state index >= 15 is 0 Å². The van der Waals surface area contributed by atoms with Crippen LogP contribution in [0.3, 0.4) is 0 Å². The van der Waals surface area contributed by atoms with Crippen molar-refractivity contribution in [1.29, 1.82) is 0 Å². The van der Waals surface area contributed by atoms with Crippen LogP contribution in [-0.4, -0.2) is 25.7 Å². The van der Waals surface area contributed by atoms with E-state index in [1.807, 2.05) is 18.2 Å². The molecule has 0 fully saturated rings. The van der Waals surface area contributed by atoms with Crippen LogP contribution in [0.2, 0.25) is 0 Å². The highest BCUT2D eigenvalue weighted by atomic mass is 16.5. The number of benzene rings is 1. The molecule has 0 saturated carbocycles. The summed E-state index contributed by atoms with van der Waals surface area (Å²) in [5, 5.41) is 3.10. The molecule has 4 nitrogen and oxygen atoms in total. The van der Waals surface area contributed by atoms with Crippen molar-refractivity contribution in [3.8, 4) is 0 Å². The lowest BCUT2D eigenvalue weighted by molar-refractivity contribution is 0.0646. The average molecular weight is 277 g/mol. The molecule has 0 aliphatic heterocycles. The first-order valence-electron chi connectivity index (χ1n) is 7.30. The molecule has 0 aliphatic rings. The Labute approximate surface area is 122 Å². The van der Waals surface area contributed by atoms with E-state index in [2.05, 4.69) is 43.2 Å². The quantitative estimate of drug-likeness (QED) is 0.436. The smallest absolute Gasteiger partial charge is 0.188 e. The Morgan fingerprint density at radius 1 is 1.25 bits per heavy atom. The van der Waals surface area contributed by atoms with Crippen molar-refractivity contribution in [3.05, 3.63) is 35.9 Å². The Balaban J connectivity index is 2.12. The Bertz CT molecular complexity index is 390. The number of rotatable bonds is 8. The van der Waals surface area contributed by atoms with Gasteiger partial charge in [0, 0.05) is 19.7 Å². The summed E-state index contributed by atoms with van der Waals surface area (Å²) in [6.07, 6.45) is 1.04. The lowest BCUT2D eigenvalue weighted by Crippen LogP contribution is -2.33. The van der Waals surface area contributed by atoms with E-state index in [0.717, 1.165) is 19.5 Å². The van der Waals surface area contributed by atoms with Gasteiger partial charge in [-0.2, -0.15) is 0 Å². The standard InChI is InChI=1S/C16H27N3O/c1-13(2)12-19-16(17)18-10-7-11-20-14(3)15-8-5-4-6-9-15/h4-6,8-9,13-14H,7,10-12H2,1-3H3,(H3,17,18,19). The summed E-state index contributed by atoms with van der Waals surface area (Å²) < 4.78 is 5.79. The van der Waals surface area contributed by atoms with Crippen molar-refractivity contribution in [2.45, 2.75) is 33.3 Å². The number of nitrogens with two attached hydrogens (primary N) is 1. The fourth-order valence-electron chi connectivity index (χ4n) is 1.71. The van der Waals surface area contributed by atoms with Gasteiger partial charge in [-0.25, -0.2) is 0 Å². The third kappa shape index (κ3) is 7.14. The third-order valence-corrected chi connectivity index (χ3v) is 2.89. The van der Waals surface area contributed by atoms with Crippen LogP contribution in [-0.2, 0) is 4.74 Å². The summed E-state index contributed by atoms with van der Waals surface area (Å²) in [4.78, 5) is 4.25. The van der Waals surface area contributed by atoms with Crippen molar-refractivity contribution < 1.29 is 4.74 Å². The molecule has 0 spiro atoms. The molecule has 1 rings (SSSR count). The predicted molar refractivity (Wildman–Crippen MR) is 84.8 cm³/mol. The Kier molecular flexibility index (Phi) is 7.73. The van der Waals surface area contributed by atoms with Crippen molar-refractivity contribution in [2.75, 3.05) is 19.7 Å². The first-order chi connectivity index (χ1) is 9.59. The summed E-state index contributed by atoms with van der Waals surface area (Å²) in [7, 11) is 0. The minimum atomic E-state index is 0.128. The summed E-state index contributed by atoms with van der Waals surface area (Å²) in [6.45, 7) is 8.57. The molecule has 0 aliphatic carbocycles. The Morgan fingerprint density at radius 3 is 2.60 bits per heavy atom. The van der Waals surface area contributed by atoms with Crippen LogP contribution in [0.4, 0.5) is 0 Å². The normalized spacial score (nSPS) is 13.5. The van der Waals surface area contributed by atoms with Gasteiger partial charge in [0.1, 0.15) is 0 Å². The lowest BCUT2D eigenvalue weighted by atomic mass is 10.1. The topological polar surface area (TPSA) is 59.6 Å². The zero-order chi connectivity index (χ0) is 14.8. The summed E-state index contributed by atoms with van der Waals surface area (Å²) >= 11 is 0. The van der Waals surface area contributed by atoms with E-state index < -0.39 is 0 Å². The predicted octanol–water partition coefficient (Wildman–Crippen LogP) is 2.71. The maximum absolute atomic E-state index is 5.79. The van der Waals surface area contributed by atoms with Gasteiger partial charge >= 0.3 is 0 Å². The molecule has 0 heterocycles. The van der Waals surface area contributed by atoms with Gasteiger partial charge in [0.25, 0.3) is 0 Å². The molecule has 20 heavy (non-hydrogen) atoms. The van der Waals surface area contributed by atoms with Crippen molar-refractivity contribution in [2.24, 2.45) is 16.6 Å². The van der Waals surface area contributed by atoms with Crippen LogP contribution < -0.4 is 11.1 Å². The molecule has 0 saturated heterocycles. The number of guanidine groups is 1. The van der Waals surface area contributed by atoms with Crippen molar-refractivity contribution >= 4 is 5.96 Å². The SMILES string of the molecule is CC(C)CN=C(N)NCCCOC(C)c1ccccc1. The molecule has 0 radical (unpaired) electrons. The highest BCUT2D eigenvalue weighted by molar-refractivity contribution is 5.77. The third-order valence-electron chi connectivity index (χ3n) is 2.89. The van der Waals surface area contributed by atoms with Gasteiger partial charge in [-0.1, -0.05) is 44.2 Å². The molecular weight excluding hydrogens is 250 g/mol. The van der Waals surface area contributed by atoms with Crippen molar-refractivity contribution in [1.82, 2.24) is 5.32 Å². The van der Waals surface area contributed by atoms with Crippen LogP contribution in [0.5, 0.6) is 0 Å². The van der Waals surface area contributed by atoms with Crippen LogP contribution in [0.15, 0.2) is 35.3 Å². The van der Waals surface area contributed by atoms with Crippen LogP contribution in [0, 0.1) is 5.92 Å². The average Bonchev–Trinajstić information content (AvgIpc) is 2.45. The second-order valence-corrected chi connectivity index (χ2v) is 5.32. The molecular formula is C16H27N3O. The van der Waals surface area contributed by atoms with Gasteiger partial charge in [0.05, 0.1) is 6.10 Å². The van der Waals surface area contributed by atoms with Gasteiger partial charge in [-0.05, 0) is 24.8 Å². The number of hydrogen-bond donors (Lipinski definition) is 2. The number of hydrogen-bond acceptors (Lipinski definition) is 2. The second-order valence-electron chi connectivity index (χ2n) is 5.32. The first kappa shape index (κ1) is 16.5. The van der Waals surface area contributed by atoms with Gasteiger partial charge in [0.2, 0.25) is 0 Å². The monoisotopic (exact) mass is 277 g/mol. The maximum Gasteiger partial charge on any atom is 0.188 e. The Morgan fingerprint density at radius 2 is 1.95 bits per heavy atom. The highest BCUT2D eigenvalue weighted by Crippen LogP contribution is 2.15. The van der Waals surface area contributed by atoms with E-state index in [-0.39, 0.29) is 6.10 Å². The van der Waals surface area contributed by atoms with E-state index in [0.29, 0.717) is 18.5 Å². The molecule has 1 aromatic rings. The van der Waals surface area contributed by atoms with E-state index in [1.54, 1.807) is 0 Å². The molecule has 1 unspecified atom stereocenters. The highest BCUT2D eigenvalue weighted by Gasteiger charge is 2.04. The van der Waals surface area contributed by atoms with Crippen LogP contribution in [0.25, 0.3) is 0 Å². The van der Waals surface area contributed by atoms with Crippen LogP contribution in [0.1, 0.15) is 38.9 Å². The van der Waals surface area contributed by atoms with E-state index in [1.165, 1.54) is 5.56 Å². The number of aliphatic imine (C=N–C) groups is 1. The van der Waals surface area contributed by atoms with Crippen molar-refractivity contribution in [3.63, 3.8) is 0 Å². The molecule has 112 valence electrons.